The van der Waals surface area contributed by atoms with Crippen LogP contribution >= 0.6 is 27.5 Å². The normalized spacial score (nSPS) is 14.3. The highest BCUT2D eigenvalue weighted by Crippen LogP contribution is 2.37. The third-order valence-corrected chi connectivity index (χ3v) is 6.23. The molecule has 1 fully saturated rings. The summed E-state index contributed by atoms with van der Waals surface area (Å²) >= 11 is 9.77. The molecule has 8 nitrogen and oxygen atoms in total. The number of carbonyl (C=O) groups excluding carboxylic acids is 2. The number of hydrogen-bond donors (Lipinski definition) is 2. The van der Waals surface area contributed by atoms with Crippen LogP contribution in [0.4, 0.5) is 10.5 Å². The maximum absolute atomic E-state index is 13.2. The van der Waals surface area contributed by atoms with E-state index in [1.165, 1.54) is 0 Å². The maximum atomic E-state index is 13.2. The van der Waals surface area contributed by atoms with Gasteiger partial charge < -0.3 is 19.9 Å². The number of aromatic nitrogens is 3. The molecule has 35 heavy (non-hydrogen) atoms. The fourth-order valence-electron chi connectivity index (χ4n) is 3.58. The first-order valence-electron chi connectivity index (χ1n) is 11.3. The smallest absolute Gasteiger partial charge is 0.408 e. The van der Waals surface area contributed by atoms with Crippen molar-refractivity contribution < 1.29 is 14.3 Å². The molecule has 2 aromatic carbocycles. The minimum Gasteiger partial charge on any atom is -0.444 e. The van der Waals surface area contributed by atoms with Crippen LogP contribution in [0.25, 0.3) is 11.4 Å². The van der Waals surface area contributed by atoms with E-state index in [9.17, 15) is 9.59 Å². The van der Waals surface area contributed by atoms with Crippen molar-refractivity contribution in [2.45, 2.75) is 57.7 Å². The summed E-state index contributed by atoms with van der Waals surface area (Å²) in [6.45, 7) is 5.29. The molecule has 0 radical (unpaired) electrons. The number of anilines is 1. The Morgan fingerprint density at radius 3 is 2.57 bits per heavy atom. The number of rotatable bonds is 7. The van der Waals surface area contributed by atoms with Gasteiger partial charge >= 0.3 is 6.09 Å². The summed E-state index contributed by atoms with van der Waals surface area (Å²) in [6.07, 6.45) is 3.52. The molecule has 1 aliphatic rings. The number of carbonyl (C=O) groups is 2. The predicted octanol–water partition coefficient (Wildman–Crippen LogP) is 5.77. The molecule has 0 saturated heterocycles. The lowest BCUT2D eigenvalue weighted by atomic mass is 10.0. The molecule has 2 amide bonds. The Labute approximate surface area is 217 Å². The van der Waals surface area contributed by atoms with Crippen molar-refractivity contribution in [2.24, 2.45) is 0 Å². The predicted molar refractivity (Wildman–Crippen MR) is 138 cm³/mol. The molecule has 1 heterocycles. The number of ether oxygens (including phenoxy) is 1. The first kappa shape index (κ1) is 25.2. The third kappa shape index (κ3) is 6.82. The van der Waals surface area contributed by atoms with Gasteiger partial charge in [0.05, 0.1) is 0 Å². The van der Waals surface area contributed by atoms with Crippen molar-refractivity contribution in [1.82, 2.24) is 20.1 Å². The van der Waals surface area contributed by atoms with Gasteiger partial charge in [-0.3, -0.25) is 4.79 Å². The average Bonchev–Trinajstić information content (AvgIpc) is 3.51. The number of nitrogens with one attached hydrogen (secondary N) is 2. The lowest BCUT2D eigenvalue weighted by Gasteiger charge is -2.23. The van der Waals surface area contributed by atoms with Gasteiger partial charge in [0.25, 0.3) is 0 Å². The highest BCUT2D eigenvalue weighted by molar-refractivity contribution is 9.10. The van der Waals surface area contributed by atoms with Crippen molar-refractivity contribution >= 4 is 45.2 Å². The molecule has 1 atom stereocenters. The van der Waals surface area contributed by atoms with E-state index in [0.29, 0.717) is 22.3 Å². The zero-order valence-corrected chi connectivity index (χ0v) is 22.1. The standard InChI is InChI=1S/C25H27BrClN5O3/c1-25(2,3)35-24(34)30-21(13-16-12-17(26)6-11-20(16)27)23(33)29-18-7-4-15(5-8-18)22-31-28-14-32(22)19-9-10-19/h4-8,11-12,14,19,21H,9-10,13H2,1-3H3,(H,29,33)(H,30,34). The molecule has 1 aromatic heterocycles. The fraction of sp³-hybridized carbons (Fsp3) is 0.360. The number of benzene rings is 2. The molecule has 1 unspecified atom stereocenters. The Hall–Kier alpha value is -2.91. The molecule has 184 valence electrons. The van der Waals surface area contributed by atoms with Gasteiger partial charge in [-0.1, -0.05) is 27.5 Å². The van der Waals surface area contributed by atoms with Gasteiger partial charge in [-0.15, -0.1) is 10.2 Å². The molecule has 2 N–H and O–H groups in total. The summed E-state index contributed by atoms with van der Waals surface area (Å²) in [5.74, 6) is 0.417. The van der Waals surface area contributed by atoms with Crippen molar-refractivity contribution in [3.63, 3.8) is 0 Å². The van der Waals surface area contributed by atoms with Crippen LogP contribution in [0.3, 0.4) is 0 Å². The minimum absolute atomic E-state index is 0.186. The van der Waals surface area contributed by atoms with Gasteiger partial charge in [-0.25, -0.2) is 4.79 Å². The summed E-state index contributed by atoms with van der Waals surface area (Å²) in [6, 6.07) is 12.3. The molecular weight excluding hydrogens is 534 g/mol. The summed E-state index contributed by atoms with van der Waals surface area (Å²) in [5.41, 5.74) is 1.52. The van der Waals surface area contributed by atoms with Crippen LogP contribution in [0.15, 0.2) is 53.3 Å². The Balaban J connectivity index is 1.50. The molecule has 0 bridgehead atoms. The van der Waals surface area contributed by atoms with Crippen LogP contribution in [-0.2, 0) is 16.0 Å². The lowest BCUT2D eigenvalue weighted by molar-refractivity contribution is -0.118. The summed E-state index contributed by atoms with van der Waals surface area (Å²) in [5, 5.41) is 14.3. The van der Waals surface area contributed by atoms with E-state index in [4.69, 9.17) is 16.3 Å². The lowest BCUT2D eigenvalue weighted by Crippen LogP contribution is -2.47. The molecule has 1 aliphatic carbocycles. The van der Waals surface area contributed by atoms with Crippen LogP contribution in [0.1, 0.15) is 45.2 Å². The Bertz CT molecular complexity index is 1220. The van der Waals surface area contributed by atoms with Gasteiger partial charge in [0.1, 0.15) is 18.0 Å². The van der Waals surface area contributed by atoms with E-state index in [1.807, 2.05) is 24.3 Å². The molecule has 4 rings (SSSR count). The molecular formula is C25H27BrClN5O3. The monoisotopic (exact) mass is 559 g/mol. The van der Waals surface area contributed by atoms with E-state index >= 15 is 0 Å². The van der Waals surface area contributed by atoms with Crippen LogP contribution in [0.2, 0.25) is 5.02 Å². The molecule has 3 aromatic rings. The number of hydrogen-bond acceptors (Lipinski definition) is 5. The summed E-state index contributed by atoms with van der Waals surface area (Å²) in [4.78, 5) is 25.7. The number of alkyl carbamates (subject to hydrolysis) is 1. The van der Waals surface area contributed by atoms with Crippen LogP contribution in [0, 0.1) is 0 Å². The third-order valence-electron chi connectivity index (χ3n) is 5.36. The largest absolute Gasteiger partial charge is 0.444 e. The van der Waals surface area contributed by atoms with Crippen molar-refractivity contribution in [2.75, 3.05) is 5.32 Å². The second-order valence-electron chi connectivity index (χ2n) is 9.50. The Morgan fingerprint density at radius 1 is 1.20 bits per heavy atom. The summed E-state index contributed by atoms with van der Waals surface area (Å²) in [7, 11) is 0. The minimum atomic E-state index is -0.908. The second-order valence-corrected chi connectivity index (χ2v) is 10.8. The first-order chi connectivity index (χ1) is 16.6. The molecule has 0 aliphatic heterocycles. The van der Waals surface area contributed by atoms with E-state index in [0.717, 1.165) is 28.7 Å². The number of amides is 2. The first-order valence-corrected chi connectivity index (χ1v) is 12.5. The zero-order chi connectivity index (χ0) is 25.2. The SMILES string of the molecule is CC(C)(C)OC(=O)NC(Cc1cc(Br)ccc1Cl)C(=O)Nc1ccc(-c2nncn2C2CC2)cc1. The Kier molecular flexibility index (Phi) is 7.47. The van der Waals surface area contributed by atoms with Gasteiger partial charge in [-0.05, 0) is 81.6 Å². The quantitative estimate of drug-likeness (QED) is 0.382. The topological polar surface area (TPSA) is 98.1 Å². The zero-order valence-electron chi connectivity index (χ0n) is 19.7. The fourth-order valence-corrected chi connectivity index (χ4v) is 4.18. The average molecular weight is 561 g/mol. The van der Waals surface area contributed by atoms with Gasteiger partial charge in [0.2, 0.25) is 5.91 Å². The van der Waals surface area contributed by atoms with Crippen LogP contribution in [0.5, 0.6) is 0 Å². The summed E-state index contributed by atoms with van der Waals surface area (Å²) < 4.78 is 8.27. The molecule has 0 spiro atoms. The molecule has 10 heteroatoms. The van der Waals surface area contributed by atoms with Gasteiger partial charge in [0, 0.05) is 33.2 Å². The van der Waals surface area contributed by atoms with Crippen LogP contribution < -0.4 is 10.6 Å². The van der Waals surface area contributed by atoms with Crippen molar-refractivity contribution in [3.05, 3.63) is 63.9 Å². The van der Waals surface area contributed by atoms with Crippen LogP contribution in [-0.4, -0.2) is 38.4 Å². The van der Waals surface area contributed by atoms with E-state index in [2.05, 4.69) is 41.3 Å². The highest BCUT2D eigenvalue weighted by atomic mass is 79.9. The van der Waals surface area contributed by atoms with E-state index in [1.54, 1.807) is 45.3 Å². The van der Waals surface area contributed by atoms with Gasteiger partial charge in [0.15, 0.2) is 5.82 Å². The van der Waals surface area contributed by atoms with E-state index in [-0.39, 0.29) is 12.3 Å². The maximum Gasteiger partial charge on any atom is 0.408 e. The Morgan fingerprint density at radius 2 is 1.91 bits per heavy atom. The number of halogens is 2. The van der Waals surface area contributed by atoms with Gasteiger partial charge in [-0.2, -0.15) is 0 Å². The second kappa shape index (κ2) is 10.4. The van der Waals surface area contributed by atoms with Crippen molar-refractivity contribution in [1.29, 1.82) is 0 Å². The van der Waals surface area contributed by atoms with E-state index < -0.39 is 17.7 Å². The van der Waals surface area contributed by atoms with Crippen molar-refractivity contribution in [3.8, 4) is 11.4 Å². The number of nitrogens with zero attached hydrogens (tertiary/aromatic N) is 3. The molecule has 1 saturated carbocycles. The highest BCUT2D eigenvalue weighted by Gasteiger charge is 2.27.